The van der Waals surface area contributed by atoms with Crippen molar-refractivity contribution in [3.8, 4) is 11.4 Å². The third-order valence-electron chi connectivity index (χ3n) is 3.45. The zero-order valence-electron chi connectivity index (χ0n) is 11.4. The van der Waals surface area contributed by atoms with Crippen LogP contribution in [0.3, 0.4) is 0 Å². The molecule has 106 valence electrons. The standard InChI is InChI=1S/C15H13N3O3/c1-2-10-3-5-11(6-4-10)15-16-13-8-7-12(18(20)21)9-14(13)17(15)19/h3-9,19H,2H2,1H3. The molecule has 0 atom stereocenters. The Morgan fingerprint density at radius 3 is 2.57 bits per heavy atom. The van der Waals surface area contributed by atoms with Gasteiger partial charge in [0.2, 0.25) is 0 Å². The summed E-state index contributed by atoms with van der Waals surface area (Å²) in [5.74, 6) is 0.369. The van der Waals surface area contributed by atoms with Crippen molar-refractivity contribution in [1.82, 2.24) is 9.71 Å². The fraction of sp³-hybridized carbons (Fsp3) is 0.133. The zero-order chi connectivity index (χ0) is 15.0. The molecular formula is C15H13N3O3. The van der Waals surface area contributed by atoms with Crippen LogP contribution in [0.2, 0.25) is 0 Å². The topological polar surface area (TPSA) is 81.2 Å². The Kier molecular flexibility index (Phi) is 3.06. The first kappa shape index (κ1) is 13.1. The number of non-ortho nitro benzene ring substituents is 1. The Bertz CT molecular complexity index is 822. The number of nitrogens with zero attached hydrogens (tertiary/aromatic N) is 3. The summed E-state index contributed by atoms with van der Waals surface area (Å²) in [6.45, 7) is 2.06. The van der Waals surface area contributed by atoms with Crippen molar-refractivity contribution in [3.63, 3.8) is 0 Å². The Morgan fingerprint density at radius 2 is 1.95 bits per heavy atom. The molecule has 3 aromatic rings. The highest BCUT2D eigenvalue weighted by Crippen LogP contribution is 2.26. The molecule has 0 aliphatic carbocycles. The van der Waals surface area contributed by atoms with Gasteiger partial charge in [0.1, 0.15) is 5.52 Å². The summed E-state index contributed by atoms with van der Waals surface area (Å²) in [6.07, 6.45) is 0.933. The quantitative estimate of drug-likeness (QED) is 0.453. The number of hydrogen-bond acceptors (Lipinski definition) is 4. The fourth-order valence-corrected chi connectivity index (χ4v) is 2.24. The second-order valence-electron chi connectivity index (χ2n) is 4.73. The van der Waals surface area contributed by atoms with Crippen LogP contribution in [0.5, 0.6) is 0 Å². The van der Waals surface area contributed by atoms with Gasteiger partial charge in [0.15, 0.2) is 5.82 Å². The number of hydrogen-bond donors (Lipinski definition) is 1. The van der Waals surface area contributed by atoms with Crippen molar-refractivity contribution in [2.24, 2.45) is 0 Å². The molecule has 3 rings (SSSR count). The lowest BCUT2D eigenvalue weighted by molar-refractivity contribution is -0.384. The summed E-state index contributed by atoms with van der Waals surface area (Å²) in [5.41, 5.74) is 2.70. The Balaban J connectivity index is 2.14. The minimum atomic E-state index is -0.498. The predicted octanol–water partition coefficient (Wildman–Crippen LogP) is 3.41. The first-order valence-electron chi connectivity index (χ1n) is 6.55. The molecule has 0 aliphatic rings. The minimum Gasteiger partial charge on any atom is -0.426 e. The fourth-order valence-electron chi connectivity index (χ4n) is 2.24. The second kappa shape index (κ2) is 4.90. The van der Waals surface area contributed by atoms with Crippen LogP contribution in [-0.4, -0.2) is 19.8 Å². The van der Waals surface area contributed by atoms with E-state index in [2.05, 4.69) is 11.9 Å². The van der Waals surface area contributed by atoms with Gasteiger partial charge in [-0.1, -0.05) is 31.2 Å². The highest BCUT2D eigenvalue weighted by atomic mass is 16.6. The number of fused-ring (bicyclic) bond motifs is 1. The summed E-state index contributed by atoms with van der Waals surface area (Å²) in [7, 11) is 0. The van der Waals surface area contributed by atoms with Gasteiger partial charge in [-0.05, 0) is 18.1 Å². The normalized spacial score (nSPS) is 10.9. The van der Waals surface area contributed by atoms with Gasteiger partial charge in [0.25, 0.3) is 5.69 Å². The van der Waals surface area contributed by atoms with Crippen LogP contribution in [0.15, 0.2) is 42.5 Å². The van der Waals surface area contributed by atoms with Gasteiger partial charge in [-0.15, -0.1) is 0 Å². The van der Waals surface area contributed by atoms with Crippen LogP contribution in [0, 0.1) is 10.1 Å². The second-order valence-corrected chi connectivity index (χ2v) is 4.73. The molecule has 0 saturated heterocycles. The summed E-state index contributed by atoms with van der Waals surface area (Å²) in [4.78, 5) is 14.6. The third kappa shape index (κ3) is 2.20. The van der Waals surface area contributed by atoms with Gasteiger partial charge in [-0.25, -0.2) is 4.98 Å². The molecule has 0 saturated carbocycles. The van der Waals surface area contributed by atoms with E-state index in [0.717, 1.165) is 16.7 Å². The minimum absolute atomic E-state index is 0.0782. The summed E-state index contributed by atoms with van der Waals surface area (Å²) >= 11 is 0. The number of aromatic nitrogens is 2. The lowest BCUT2D eigenvalue weighted by Crippen LogP contribution is -1.95. The molecule has 1 heterocycles. The average Bonchev–Trinajstić information content (AvgIpc) is 2.84. The van der Waals surface area contributed by atoms with Gasteiger partial charge in [0, 0.05) is 17.7 Å². The van der Waals surface area contributed by atoms with Gasteiger partial charge in [-0.2, -0.15) is 4.73 Å². The lowest BCUT2D eigenvalue weighted by Gasteiger charge is -2.02. The molecule has 6 heteroatoms. The number of benzene rings is 2. The van der Waals surface area contributed by atoms with Crippen molar-refractivity contribution >= 4 is 16.7 Å². The van der Waals surface area contributed by atoms with E-state index < -0.39 is 4.92 Å². The molecule has 2 aromatic carbocycles. The third-order valence-corrected chi connectivity index (χ3v) is 3.45. The number of nitro benzene ring substituents is 1. The molecule has 0 amide bonds. The summed E-state index contributed by atoms with van der Waals surface area (Å²) < 4.78 is 0.892. The van der Waals surface area contributed by atoms with E-state index in [9.17, 15) is 15.3 Å². The van der Waals surface area contributed by atoms with E-state index >= 15 is 0 Å². The van der Waals surface area contributed by atoms with Crippen molar-refractivity contribution in [2.75, 3.05) is 0 Å². The number of nitro groups is 1. The van der Waals surface area contributed by atoms with Crippen LogP contribution in [0.4, 0.5) is 5.69 Å². The lowest BCUT2D eigenvalue weighted by atomic mass is 10.1. The van der Waals surface area contributed by atoms with E-state index in [1.54, 1.807) is 0 Å². The van der Waals surface area contributed by atoms with Crippen LogP contribution < -0.4 is 0 Å². The van der Waals surface area contributed by atoms with Crippen LogP contribution in [0.25, 0.3) is 22.4 Å². The van der Waals surface area contributed by atoms with E-state index in [-0.39, 0.29) is 5.69 Å². The molecule has 21 heavy (non-hydrogen) atoms. The highest BCUT2D eigenvalue weighted by Gasteiger charge is 2.15. The van der Waals surface area contributed by atoms with E-state index in [4.69, 9.17) is 0 Å². The number of rotatable bonds is 3. The molecule has 1 aromatic heterocycles. The molecule has 0 spiro atoms. The molecule has 0 radical (unpaired) electrons. The summed E-state index contributed by atoms with van der Waals surface area (Å²) in [6, 6.07) is 11.9. The summed E-state index contributed by atoms with van der Waals surface area (Å²) in [5, 5.41) is 21.0. The van der Waals surface area contributed by atoms with E-state index in [1.165, 1.54) is 23.8 Å². The van der Waals surface area contributed by atoms with Gasteiger partial charge in [0.05, 0.1) is 10.4 Å². The number of aryl methyl sites for hydroxylation is 1. The monoisotopic (exact) mass is 283 g/mol. The first-order valence-corrected chi connectivity index (χ1v) is 6.55. The van der Waals surface area contributed by atoms with Gasteiger partial charge < -0.3 is 5.21 Å². The zero-order valence-corrected chi connectivity index (χ0v) is 11.4. The molecule has 0 unspecified atom stereocenters. The van der Waals surface area contributed by atoms with Crippen LogP contribution in [-0.2, 0) is 6.42 Å². The Hall–Kier alpha value is -2.89. The highest BCUT2D eigenvalue weighted by molar-refractivity contribution is 5.82. The molecule has 0 fully saturated rings. The first-order chi connectivity index (χ1) is 10.1. The average molecular weight is 283 g/mol. The van der Waals surface area contributed by atoms with Gasteiger partial charge in [-0.3, -0.25) is 10.1 Å². The molecule has 6 nitrogen and oxygen atoms in total. The Labute approximate surface area is 120 Å². The van der Waals surface area contributed by atoms with Crippen molar-refractivity contribution < 1.29 is 10.1 Å². The molecule has 1 N–H and O–H groups in total. The van der Waals surface area contributed by atoms with E-state index in [0.29, 0.717) is 16.9 Å². The molecule has 0 bridgehead atoms. The largest absolute Gasteiger partial charge is 0.426 e. The molecular weight excluding hydrogens is 270 g/mol. The van der Waals surface area contributed by atoms with Crippen LogP contribution >= 0.6 is 0 Å². The van der Waals surface area contributed by atoms with Crippen molar-refractivity contribution in [2.45, 2.75) is 13.3 Å². The Morgan fingerprint density at radius 1 is 1.24 bits per heavy atom. The van der Waals surface area contributed by atoms with Crippen molar-refractivity contribution in [1.29, 1.82) is 0 Å². The van der Waals surface area contributed by atoms with Crippen LogP contribution in [0.1, 0.15) is 12.5 Å². The smallest absolute Gasteiger partial charge is 0.271 e. The maximum absolute atomic E-state index is 10.8. The van der Waals surface area contributed by atoms with Crippen molar-refractivity contribution in [3.05, 3.63) is 58.1 Å². The van der Waals surface area contributed by atoms with Gasteiger partial charge >= 0.3 is 0 Å². The maximum Gasteiger partial charge on any atom is 0.271 e. The number of imidazole rings is 1. The van der Waals surface area contributed by atoms with E-state index in [1.807, 2.05) is 24.3 Å². The maximum atomic E-state index is 10.8. The molecule has 0 aliphatic heterocycles. The SMILES string of the molecule is CCc1ccc(-c2nc3ccc([N+](=O)[O-])cc3n2O)cc1. The predicted molar refractivity (Wildman–Crippen MR) is 78.4 cm³/mol.